The van der Waals surface area contributed by atoms with Gasteiger partial charge in [0.25, 0.3) is 5.78 Å². The first-order chi connectivity index (χ1) is 13.6. The third-order valence-electron chi connectivity index (χ3n) is 4.39. The number of nitrogens with zero attached hydrogens (tertiary/aromatic N) is 7. The monoisotopic (exact) mass is 394 g/mol. The van der Waals surface area contributed by atoms with E-state index in [0.29, 0.717) is 25.2 Å². The van der Waals surface area contributed by atoms with Gasteiger partial charge in [-0.25, -0.2) is 14.5 Å². The van der Waals surface area contributed by atoms with Crippen LogP contribution in [0.15, 0.2) is 30.3 Å². The number of thiazole rings is 1. The van der Waals surface area contributed by atoms with E-state index in [2.05, 4.69) is 35.3 Å². The van der Waals surface area contributed by atoms with Crippen LogP contribution < -0.4 is 5.32 Å². The number of aromatic nitrogens is 7. The quantitative estimate of drug-likeness (QED) is 0.532. The molecule has 1 amide bonds. The summed E-state index contributed by atoms with van der Waals surface area (Å²) in [7, 11) is 0. The van der Waals surface area contributed by atoms with Crippen molar-refractivity contribution in [1.29, 1.82) is 0 Å². The highest BCUT2D eigenvalue weighted by atomic mass is 32.1. The number of carbonyl (C=O) groups excluding carboxylic acids is 1. The second kappa shape index (κ2) is 7.77. The summed E-state index contributed by atoms with van der Waals surface area (Å²) in [5.41, 5.74) is 4.38. The lowest BCUT2D eigenvalue weighted by molar-refractivity contribution is -0.121. The summed E-state index contributed by atoms with van der Waals surface area (Å²) in [4.78, 5) is 33.6. The molecule has 4 aromatic rings. The van der Waals surface area contributed by atoms with Crippen molar-refractivity contribution in [3.05, 3.63) is 52.9 Å². The van der Waals surface area contributed by atoms with Gasteiger partial charge in [-0.05, 0) is 25.8 Å². The molecule has 0 spiro atoms. The molecule has 0 radical (unpaired) electrons. The molecule has 4 aromatic heterocycles. The van der Waals surface area contributed by atoms with Crippen LogP contribution in [-0.2, 0) is 17.8 Å². The van der Waals surface area contributed by atoms with Crippen LogP contribution in [0.2, 0.25) is 0 Å². The Morgan fingerprint density at radius 1 is 1.21 bits per heavy atom. The molecule has 9 nitrogen and oxygen atoms in total. The number of aryl methyl sites for hydroxylation is 2. The van der Waals surface area contributed by atoms with Gasteiger partial charge in [-0.3, -0.25) is 14.8 Å². The Bertz CT molecular complexity index is 1120. The normalized spacial score (nSPS) is 11.1. The molecule has 0 atom stereocenters. The van der Waals surface area contributed by atoms with Gasteiger partial charge < -0.3 is 5.32 Å². The number of fused-ring (bicyclic) bond motifs is 1. The number of rotatable bonds is 6. The molecule has 0 bridgehead atoms. The Balaban J connectivity index is 1.35. The molecular weight excluding hydrogens is 376 g/mol. The first kappa shape index (κ1) is 18.1. The Kier molecular flexibility index (Phi) is 5.02. The summed E-state index contributed by atoms with van der Waals surface area (Å²) >= 11 is 1.48. The van der Waals surface area contributed by atoms with E-state index >= 15 is 0 Å². The molecule has 0 unspecified atom stereocenters. The highest BCUT2D eigenvalue weighted by Crippen LogP contribution is 2.20. The number of hydrogen-bond acceptors (Lipinski definition) is 8. The Morgan fingerprint density at radius 2 is 2.11 bits per heavy atom. The van der Waals surface area contributed by atoms with Crippen molar-refractivity contribution in [2.45, 2.75) is 33.2 Å². The molecule has 10 heteroatoms. The van der Waals surface area contributed by atoms with Gasteiger partial charge in [0.2, 0.25) is 5.91 Å². The fourth-order valence-corrected chi connectivity index (χ4v) is 3.73. The minimum Gasteiger partial charge on any atom is -0.350 e. The lowest BCUT2D eigenvalue weighted by Crippen LogP contribution is -2.23. The van der Waals surface area contributed by atoms with E-state index < -0.39 is 0 Å². The van der Waals surface area contributed by atoms with E-state index in [-0.39, 0.29) is 5.91 Å². The van der Waals surface area contributed by atoms with E-state index in [9.17, 15) is 4.79 Å². The topological polar surface area (TPSA) is 111 Å². The number of nitrogens with one attached hydrogen (secondary N) is 1. The molecule has 0 saturated heterocycles. The van der Waals surface area contributed by atoms with E-state index in [4.69, 9.17) is 0 Å². The zero-order valence-electron chi connectivity index (χ0n) is 15.5. The standard InChI is InChI=1S/C18H18N8OS/c1-11-14(12(2)26-18(24-11)22-10-23-26)3-4-16(27)21-7-13-9-28-17(25-13)15-8-19-5-6-20-15/h5-6,8-10H,3-4,7H2,1-2H3,(H,21,27). The average Bonchev–Trinajstić information content (AvgIpc) is 3.36. The number of amides is 1. The van der Waals surface area contributed by atoms with Crippen LogP contribution in [0, 0.1) is 13.8 Å². The summed E-state index contributed by atoms with van der Waals surface area (Å²) in [6.45, 7) is 4.28. The summed E-state index contributed by atoms with van der Waals surface area (Å²) in [5, 5.41) is 9.80. The van der Waals surface area contributed by atoms with Gasteiger partial charge in [0, 0.05) is 35.6 Å². The van der Waals surface area contributed by atoms with Gasteiger partial charge in [0.15, 0.2) is 0 Å². The third kappa shape index (κ3) is 3.72. The third-order valence-corrected chi connectivity index (χ3v) is 5.31. The molecule has 4 heterocycles. The Morgan fingerprint density at radius 3 is 2.93 bits per heavy atom. The molecule has 0 fully saturated rings. The lowest BCUT2D eigenvalue weighted by atomic mass is 10.1. The molecule has 28 heavy (non-hydrogen) atoms. The molecule has 4 rings (SSSR count). The maximum atomic E-state index is 12.3. The number of hydrogen-bond donors (Lipinski definition) is 1. The molecule has 0 aliphatic carbocycles. The van der Waals surface area contributed by atoms with Gasteiger partial charge >= 0.3 is 0 Å². The maximum Gasteiger partial charge on any atom is 0.252 e. The van der Waals surface area contributed by atoms with Crippen LogP contribution in [0.25, 0.3) is 16.5 Å². The minimum absolute atomic E-state index is 0.0356. The van der Waals surface area contributed by atoms with Gasteiger partial charge in [-0.2, -0.15) is 10.1 Å². The van der Waals surface area contributed by atoms with E-state index in [1.54, 1.807) is 23.1 Å². The first-order valence-corrected chi connectivity index (χ1v) is 9.63. The maximum absolute atomic E-state index is 12.3. The molecule has 0 aliphatic heterocycles. The van der Waals surface area contributed by atoms with E-state index in [1.165, 1.54) is 17.7 Å². The molecular formula is C18H18N8OS. The Labute approximate surface area is 164 Å². The second-order valence-corrected chi connectivity index (χ2v) is 7.10. The summed E-state index contributed by atoms with van der Waals surface area (Å²) < 4.78 is 1.70. The van der Waals surface area contributed by atoms with Crippen LogP contribution in [-0.4, -0.2) is 40.4 Å². The molecule has 0 aromatic carbocycles. The summed E-state index contributed by atoms with van der Waals surface area (Å²) in [5.74, 6) is 0.539. The van der Waals surface area contributed by atoms with E-state index in [0.717, 1.165) is 33.3 Å². The first-order valence-electron chi connectivity index (χ1n) is 8.75. The van der Waals surface area contributed by atoms with Crippen LogP contribution >= 0.6 is 11.3 Å². The van der Waals surface area contributed by atoms with Gasteiger partial charge in [-0.15, -0.1) is 11.3 Å². The van der Waals surface area contributed by atoms with Crippen LogP contribution in [0.5, 0.6) is 0 Å². The molecule has 0 saturated carbocycles. The number of carbonyl (C=O) groups is 1. The van der Waals surface area contributed by atoms with Crippen molar-refractivity contribution >= 4 is 23.0 Å². The fourth-order valence-electron chi connectivity index (χ4n) is 2.95. The van der Waals surface area contributed by atoms with Crippen molar-refractivity contribution in [1.82, 2.24) is 39.9 Å². The van der Waals surface area contributed by atoms with Crippen LogP contribution in [0.1, 0.15) is 29.1 Å². The van der Waals surface area contributed by atoms with Crippen molar-refractivity contribution in [3.8, 4) is 10.7 Å². The van der Waals surface area contributed by atoms with Crippen molar-refractivity contribution < 1.29 is 4.79 Å². The molecule has 0 aliphatic rings. The average molecular weight is 394 g/mol. The largest absolute Gasteiger partial charge is 0.350 e. The van der Waals surface area contributed by atoms with E-state index in [1.807, 2.05) is 19.2 Å². The predicted octanol–water partition coefficient (Wildman–Crippen LogP) is 1.90. The smallest absolute Gasteiger partial charge is 0.252 e. The minimum atomic E-state index is -0.0356. The van der Waals surface area contributed by atoms with Gasteiger partial charge in [0.1, 0.15) is 17.0 Å². The van der Waals surface area contributed by atoms with Crippen molar-refractivity contribution in [2.24, 2.45) is 0 Å². The summed E-state index contributed by atoms with van der Waals surface area (Å²) in [6.07, 6.45) is 7.37. The predicted molar refractivity (Wildman–Crippen MR) is 104 cm³/mol. The summed E-state index contributed by atoms with van der Waals surface area (Å²) in [6, 6.07) is 0. The van der Waals surface area contributed by atoms with Gasteiger partial charge in [0.05, 0.1) is 18.4 Å². The highest BCUT2D eigenvalue weighted by molar-refractivity contribution is 7.13. The van der Waals surface area contributed by atoms with Crippen molar-refractivity contribution in [2.75, 3.05) is 0 Å². The molecule has 1 N–H and O–H groups in total. The fraction of sp³-hybridized carbons (Fsp3) is 0.278. The highest BCUT2D eigenvalue weighted by Gasteiger charge is 2.13. The van der Waals surface area contributed by atoms with Crippen molar-refractivity contribution in [3.63, 3.8) is 0 Å². The molecule has 142 valence electrons. The lowest BCUT2D eigenvalue weighted by Gasteiger charge is -2.10. The zero-order chi connectivity index (χ0) is 19.5. The SMILES string of the molecule is Cc1nc2ncnn2c(C)c1CCC(=O)NCc1csc(-c2cnccn2)n1. The second-order valence-electron chi connectivity index (χ2n) is 6.24. The van der Waals surface area contributed by atoms with Gasteiger partial charge in [-0.1, -0.05) is 0 Å². The Hall–Kier alpha value is -3.27. The van der Waals surface area contributed by atoms with Crippen LogP contribution in [0.4, 0.5) is 0 Å². The van der Waals surface area contributed by atoms with Crippen LogP contribution in [0.3, 0.4) is 0 Å². The zero-order valence-corrected chi connectivity index (χ0v) is 16.3.